The van der Waals surface area contributed by atoms with Gasteiger partial charge in [-0.3, -0.25) is 14.9 Å². The maximum atomic E-state index is 12.3. The van der Waals surface area contributed by atoms with Crippen LogP contribution in [0.3, 0.4) is 0 Å². The van der Waals surface area contributed by atoms with Crippen molar-refractivity contribution < 1.29 is 22.7 Å². The summed E-state index contributed by atoms with van der Waals surface area (Å²) in [5, 5.41) is 8.23. The van der Waals surface area contributed by atoms with Gasteiger partial charge in [0, 0.05) is 19.7 Å². The Kier molecular flexibility index (Phi) is 5.08. The molecule has 1 saturated heterocycles. The number of amides is 2. The highest BCUT2D eigenvalue weighted by Gasteiger charge is 2.36. The molecule has 1 aromatic heterocycles. The first-order valence-electron chi connectivity index (χ1n) is 6.59. The van der Waals surface area contributed by atoms with Crippen molar-refractivity contribution in [3.8, 4) is 0 Å². The van der Waals surface area contributed by atoms with E-state index in [-0.39, 0.29) is 30.6 Å². The lowest BCUT2D eigenvalue weighted by Crippen LogP contribution is -2.48. The van der Waals surface area contributed by atoms with Crippen molar-refractivity contribution >= 4 is 27.6 Å². The molecule has 1 aliphatic heterocycles. The molecule has 1 aliphatic rings. The van der Waals surface area contributed by atoms with E-state index >= 15 is 0 Å². The van der Waals surface area contributed by atoms with E-state index in [4.69, 9.17) is 4.74 Å². The van der Waals surface area contributed by atoms with Gasteiger partial charge in [-0.15, -0.1) is 0 Å². The molecule has 0 aliphatic carbocycles. The lowest BCUT2D eigenvalue weighted by molar-refractivity contribution is -0.145. The van der Waals surface area contributed by atoms with E-state index in [0.717, 1.165) is 0 Å². The second kappa shape index (κ2) is 6.83. The van der Waals surface area contributed by atoms with Gasteiger partial charge in [-0.25, -0.2) is 13.5 Å². The molecule has 2 N–H and O–H groups in total. The highest BCUT2D eigenvalue weighted by atomic mass is 32.2. The quantitative estimate of drug-likeness (QED) is 0.621. The second-order valence-electron chi connectivity index (χ2n) is 4.84. The lowest BCUT2D eigenvalue weighted by Gasteiger charge is -2.27. The Balaban J connectivity index is 2.07. The Bertz CT molecular complexity index is 629. The van der Waals surface area contributed by atoms with Crippen LogP contribution in [0.25, 0.3) is 0 Å². The number of hydrogen-bond donors (Lipinski definition) is 2. The second-order valence-corrected chi connectivity index (χ2v) is 7.07. The smallest absolute Gasteiger partial charge is 0.316 e. The molecule has 2 amide bonds. The Morgan fingerprint density at radius 2 is 2.32 bits per heavy atom. The summed E-state index contributed by atoms with van der Waals surface area (Å²) in [5.41, 5.74) is 0. The molecule has 0 saturated carbocycles. The number of hydrogen-bond acceptors (Lipinski definition) is 7. The third-order valence-electron chi connectivity index (χ3n) is 3.29. The predicted octanol–water partition coefficient (Wildman–Crippen LogP) is -1.59. The molecule has 10 nitrogen and oxygen atoms in total. The van der Waals surface area contributed by atoms with Gasteiger partial charge in [0.2, 0.25) is 5.95 Å². The SMILES string of the molecule is COCCN(C(=O)C(=O)Nc1ncn[nH]1)C1CCS(=O)(=O)C1. The van der Waals surface area contributed by atoms with Crippen LogP contribution in [0, 0.1) is 0 Å². The van der Waals surface area contributed by atoms with E-state index in [1.54, 1.807) is 0 Å². The summed E-state index contributed by atoms with van der Waals surface area (Å²) in [5.74, 6) is -1.81. The first-order valence-corrected chi connectivity index (χ1v) is 8.42. The fourth-order valence-corrected chi connectivity index (χ4v) is 3.95. The van der Waals surface area contributed by atoms with Gasteiger partial charge >= 0.3 is 11.8 Å². The Morgan fingerprint density at radius 3 is 2.86 bits per heavy atom. The normalized spacial score (nSPS) is 19.8. The zero-order valence-electron chi connectivity index (χ0n) is 12.0. The van der Waals surface area contributed by atoms with Gasteiger partial charge < -0.3 is 9.64 Å². The van der Waals surface area contributed by atoms with Gasteiger partial charge in [0.15, 0.2) is 9.84 Å². The van der Waals surface area contributed by atoms with Crippen molar-refractivity contribution in [3.63, 3.8) is 0 Å². The van der Waals surface area contributed by atoms with Gasteiger partial charge in [-0.2, -0.15) is 10.1 Å². The summed E-state index contributed by atoms with van der Waals surface area (Å²) in [4.78, 5) is 29.2. The summed E-state index contributed by atoms with van der Waals surface area (Å²) in [6.45, 7) is 0.344. The maximum absolute atomic E-state index is 12.3. The number of nitrogens with zero attached hydrogens (tertiary/aromatic N) is 3. The van der Waals surface area contributed by atoms with Gasteiger partial charge in [0.1, 0.15) is 6.33 Å². The highest BCUT2D eigenvalue weighted by Crippen LogP contribution is 2.18. The number of H-pyrrole nitrogens is 1. The number of sulfone groups is 1. The van der Waals surface area contributed by atoms with Crippen LogP contribution in [0.5, 0.6) is 0 Å². The molecule has 0 aromatic carbocycles. The molecule has 0 spiro atoms. The van der Waals surface area contributed by atoms with Crippen molar-refractivity contribution in [2.24, 2.45) is 0 Å². The van der Waals surface area contributed by atoms with Crippen molar-refractivity contribution in [3.05, 3.63) is 6.33 Å². The first kappa shape index (κ1) is 16.4. The molecule has 0 radical (unpaired) electrons. The van der Waals surface area contributed by atoms with Gasteiger partial charge in [0.25, 0.3) is 0 Å². The van der Waals surface area contributed by atoms with Crippen molar-refractivity contribution in [1.29, 1.82) is 0 Å². The molecule has 1 unspecified atom stereocenters. The average molecular weight is 331 g/mol. The number of ether oxygens (including phenoxy) is 1. The topological polar surface area (TPSA) is 134 Å². The summed E-state index contributed by atoms with van der Waals surface area (Å²) >= 11 is 0. The zero-order chi connectivity index (χ0) is 16.2. The minimum Gasteiger partial charge on any atom is -0.383 e. The summed E-state index contributed by atoms with van der Waals surface area (Å²) in [7, 11) is -1.71. The Morgan fingerprint density at radius 1 is 1.55 bits per heavy atom. The number of carbonyl (C=O) groups excluding carboxylic acids is 2. The molecule has 1 aromatic rings. The van der Waals surface area contributed by atoms with Crippen LogP contribution in [0.4, 0.5) is 5.95 Å². The van der Waals surface area contributed by atoms with Crippen LogP contribution < -0.4 is 5.32 Å². The fraction of sp³-hybridized carbons (Fsp3) is 0.636. The van der Waals surface area contributed by atoms with Gasteiger partial charge in [-0.05, 0) is 6.42 Å². The van der Waals surface area contributed by atoms with Crippen molar-refractivity contribution in [2.75, 3.05) is 37.1 Å². The van der Waals surface area contributed by atoms with Crippen LogP contribution in [0.1, 0.15) is 6.42 Å². The fourth-order valence-electron chi connectivity index (χ4n) is 2.22. The van der Waals surface area contributed by atoms with Crippen LogP contribution >= 0.6 is 0 Å². The standard InChI is InChI=1S/C11H17N5O5S/c1-21-4-3-16(8-2-5-22(19,20)6-8)10(18)9(17)14-11-12-7-13-15-11/h7-8H,2-6H2,1H3,(H2,12,13,14,15,17). The third kappa shape index (κ3) is 4.01. The zero-order valence-corrected chi connectivity index (χ0v) is 12.8. The van der Waals surface area contributed by atoms with Crippen molar-refractivity contribution in [1.82, 2.24) is 20.1 Å². The summed E-state index contributed by atoms with van der Waals surface area (Å²) in [6.07, 6.45) is 1.50. The van der Waals surface area contributed by atoms with Crippen LogP contribution in [0.2, 0.25) is 0 Å². The third-order valence-corrected chi connectivity index (χ3v) is 5.04. The number of nitrogens with one attached hydrogen (secondary N) is 2. The number of methoxy groups -OCH3 is 1. The Labute approximate surface area is 127 Å². The number of rotatable bonds is 5. The van der Waals surface area contributed by atoms with E-state index in [2.05, 4.69) is 20.5 Å². The summed E-state index contributed by atoms with van der Waals surface area (Å²) < 4.78 is 28.1. The van der Waals surface area contributed by atoms with Gasteiger partial charge in [0.05, 0.1) is 18.1 Å². The lowest BCUT2D eigenvalue weighted by atomic mass is 10.2. The van der Waals surface area contributed by atoms with E-state index in [1.165, 1.54) is 18.3 Å². The monoisotopic (exact) mass is 331 g/mol. The minimum absolute atomic E-state index is 0.0121. The molecule has 1 fully saturated rings. The minimum atomic E-state index is -3.17. The number of anilines is 1. The van der Waals surface area contributed by atoms with Crippen LogP contribution in [0.15, 0.2) is 6.33 Å². The predicted molar refractivity (Wildman–Crippen MR) is 75.7 cm³/mol. The van der Waals surface area contributed by atoms with Crippen molar-refractivity contribution in [2.45, 2.75) is 12.5 Å². The number of aromatic nitrogens is 3. The molecular formula is C11H17N5O5S. The van der Waals surface area contributed by atoms with Crippen LogP contribution in [-0.4, -0.2) is 78.1 Å². The van der Waals surface area contributed by atoms with E-state index < -0.39 is 27.7 Å². The molecule has 2 rings (SSSR count). The summed E-state index contributed by atoms with van der Waals surface area (Å²) in [6, 6.07) is -0.520. The van der Waals surface area contributed by atoms with Gasteiger partial charge in [-0.1, -0.05) is 0 Å². The molecule has 0 bridgehead atoms. The molecule has 2 heterocycles. The molecule has 122 valence electrons. The molecule has 22 heavy (non-hydrogen) atoms. The largest absolute Gasteiger partial charge is 0.383 e. The first-order chi connectivity index (χ1) is 10.4. The maximum Gasteiger partial charge on any atom is 0.316 e. The van der Waals surface area contributed by atoms with Crippen LogP contribution in [-0.2, 0) is 24.2 Å². The van der Waals surface area contributed by atoms with E-state index in [9.17, 15) is 18.0 Å². The van der Waals surface area contributed by atoms with E-state index in [0.29, 0.717) is 6.42 Å². The number of carbonyl (C=O) groups is 2. The molecule has 1 atom stereocenters. The average Bonchev–Trinajstić information content (AvgIpc) is 3.08. The Hall–Kier alpha value is -2.01. The highest BCUT2D eigenvalue weighted by molar-refractivity contribution is 7.91. The number of aromatic amines is 1. The molecular weight excluding hydrogens is 314 g/mol. The molecule has 11 heteroatoms. The van der Waals surface area contributed by atoms with E-state index in [1.807, 2.05) is 0 Å².